The van der Waals surface area contributed by atoms with Crippen molar-refractivity contribution in [2.24, 2.45) is 11.8 Å². The number of hydrogen-bond acceptors (Lipinski definition) is 3. The van der Waals surface area contributed by atoms with Crippen LogP contribution in [0.15, 0.2) is 36.5 Å². The van der Waals surface area contributed by atoms with E-state index < -0.39 is 5.97 Å². The highest BCUT2D eigenvalue weighted by Crippen LogP contribution is 2.32. The molecule has 2 atom stereocenters. The number of rotatable bonds is 10. The van der Waals surface area contributed by atoms with Crippen LogP contribution >= 0.6 is 11.8 Å². The molecule has 3 nitrogen and oxygen atoms in total. The maximum Gasteiger partial charge on any atom is 0.327 e. The number of carboxylic acid groups (broad SMARTS) is 1. The Morgan fingerprint density at radius 1 is 1.19 bits per heavy atom. The second-order valence-electron chi connectivity index (χ2n) is 5.16. The van der Waals surface area contributed by atoms with Crippen LogP contribution in [-0.4, -0.2) is 35.8 Å². The molecule has 0 aromatic carbocycles. The van der Waals surface area contributed by atoms with Crippen LogP contribution in [0.3, 0.4) is 0 Å². The van der Waals surface area contributed by atoms with Gasteiger partial charge in [-0.3, -0.25) is 0 Å². The van der Waals surface area contributed by atoms with E-state index in [-0.39, 0.29) is 0 Å². The summed E-state index contributed by atoms with van der Waals surface area (Å²) in [5, 5.41) is 8.48. The van der Waals surface area contributed by atoms with E-state index in [0.29, 0.717) is 18.3 Å². The van der Waals surface area contributed by atoms with Crippen molar-refractivity contribution >= 4 is 17.7 Å². The van der Waals surface area contributed by atoms with E-state index in [2.05, 4.69) is 25.2 Å². The molecule has 21 heavy (non-hydrogen) atoms. The third-order valence-corrected chi connectivity index (χ3v) is 4.74. The zero-order chi connectivity index (χ0) is 15.3. The molecule has 0 amide bonds. The van der Waals surface area contributed by atoms with Gasteiger partial charge in [-0.2, -0.15) is 11.8 Å². The summed E-state index contributed by atoms with van der Waals surface area (Å²) in [6, 6.07) is 0. The Balaban J connectivity index is 2.19. The van der Waals surface area contributed by atoms with Gasteiger partial charge in [0.2, 0.25) is 0 Å². The van der Waals surface area contributed by atoms with Crippen molar-refractivity contribution in [2.75, 3.05) is 24.7 Å². The molecule has 1 aliphatic heterocycles. The van der Waals surface area contributed by atoms with Gasteiger partial charge < -0.3 is 9.84 Å². The quantitative estimate of drug-likeness (QED) is 0.377. The molecule has 1 fully saturated rings. The minimum atomic E-state index is -0.884. The normalized spacial score (nSPS) is 22.9. The highest BCUT2D eigenvalue weighted by atomic mass is 32.2. The fourth-order valence-corrected chi connectivity index (χ4v) is 3.74. The lowest BCUT2D eigenvalue weighted by atomic mass is 9.93. The predicted octanol–water partition coefficient (Wildman–Crippen LogP) is 3.93. The van der Waals surface area contributed by atoms with Crippen LogP contribution in [0.2, 0.25) is 0 Å². The van der Waals surface area contributed by atoms with Crippen LogP contribution in [0.5, 0.6) is 0 Å². The average Bonchev–Trinajstić information content (AvgIpc) is 2.89. The summed E-state index contributed by atoms with van der Waals surface area (Å²) < 4.78 is 5.72. The van der Waals surface area contributed by atoms with E-state index in [1.165, 1.54) is 17.6 Å². The maximum atomic E-state index is 10.3. The molecule has 1 aliphatic rings. The van der Waals surface area contributed by atoms with Gasteiger partial charge in [-0.05, 0) is 42.6 Å². The van der Waals surface area contributed by atoms with E-state index in [4.69, 9.17) is 9.84 Å². The number of hydrogen-bond donors (Lipinski definition) is 1. The van der Waals surface area contributed by atoms with E-state index in [9.17, 15) is 4.79 Å². The largest absolute Gasteiger partial charge is 0.478 e. The van der Waals surface area contributed by atoms with Gasteiger partial charge in [-0.1, -0.05) is 37.3 Å². The SMILES string of the molecule is CCC=CCOC[C@H]1CSC[C@H]1CC=CC/C=C\C(=O)O. The van der Waals surface area contributed by atoms with Gasteiger partial charge in [0, 0.05) is 6.08 Å². The van der Waals surface area contributed by atoms with E-state index >= 15 is 0 Å². The van der Waals surface area contributed by atoms with Crippen LogP contribution in [0, 0.1) is 11.8 Å². The van der Waals surface area contributed by atoms with Gasteiger partial charge >= 0.3 is 5.97 Å². The molecule has 0 bridgehead atoms. The summed E-state index contributed by atoms with van der Waals surface area (Å²) in [5.41, 5.74) is 0. The minimum Gasteiger partial charge on any atom is -0.478 e. The van der Waals surface area contributed by atoms with Gasteiger partial charge in [0.1, 0.15) is 0 Å². The van der Waals surface area contributed by atoms with Crippen LogP contribution < -0.4 is 0 Å². The first kappa shape index (κ1) is 18.1. The summed E-state index contributed by atoms with van der Waals surface area (Å²) in [5.74, 6) is 2.84. The van der Waals surface area contributed by atoms with Crippen LogP contribution in [0.1, 0.15) is 26.2 Å². The molecule has 0 radical (unpaired) electrons. The molecule has 1 heterocycles. The molecule has 0 saturated carbocycles. The van der Waals surface area contributed by atoms with Crippen LogP contribution in [0.25, 0.3) is 0 Å². The molecule has 1 N–H and O–H groups in total. The van der Waals surface area contributed by atoms with Gasteiger partial charge in [-0.25, -0.2) is 4.79 Å². The summed E-state index contributed by atoms with van der Waals surface area (Å²) in [7, 11) is 0. The summed E-state index contributed by atoms with van der Waals surface area (Å²) in [4.78, 5) is 10.3. The lowest BCUT2D eigenvalue weighted by Crippen LogP contribution is -2.18. The highest BCUT2D eigenvalue weighted by molar-refractivity contribution is 7.99. The van der Waals surface area contributed by atoms with Crippen molar-refractivity contribution < 1.29 is 14.6 Å². The lowest BCUT2D eigenvalue weighted by Gasteiger charge is -2.16. The molecule has 0 aliphatic carbocycles. The first-order valence-corrected chi connectivity index (χ1v) is 8.74. The monoisotopic (exact) mass is 310 g/mol. The minimum absolute atomic E-state index is 0.643. The lowest BCUT2D eigenvalue weighted by molar-refractivity contribution is -0.131. The molecule has 0 aromatic heterocycles. The molecular weight excluding hydrogens is 284 g/mol. The van der Waals surface area contributed by atoms with Gasteiger partial charge in [-0.15, -0.1) is 0 Å². The number of allylic oxidation sites excluding steroid dienone is 4. The number of aliphatic carboxylic acids is 1. The second-order valence-corrected chi connectivity index (χ2v) is 6.23. The van der Waals surface area contributed by atoms with Crippen LogP contribution in [-0.2, 0) is 9.53 Å². The predicted molar refractivity (Wildman–Crippen MR) is 89.7 cm³/mol. The average molecular weight is 310 g/mol. The first-order valence-electron chi connectivity index (χ1n) is 7.59. The van der Waals surface area contributed by atoms with Crippen LogP contribution in [0.4, 0.5) is 0 Å². The molecular formula is C17H26O3S. The smallest absolute Gasteiger partial charge is 0.327 e. The first-order chi connectivity index (χ1) is 10.2. The Kier molecular flexibility index (Phi) is 10.0. The van der Waals surface area contributed by atoms with Gasteiger partial charge in [0.25, 0.3) is 0 Å². The Morgan fingerprint density at radius 3 is 2.76 bits per heavy atom. The summed E-state index contributed by atoms with van der Waals surface area (Å²) >= 11 is 2.01. The van der Waals surface area contributed by atoms with Gasteiger partial charge in [0.05, 0.1) is 13.2 Å². The molecule has 1 saturated heterocycles. The molecule has 0 spiro atoms. The molecule has 0 unspecified atom stereocenters. The third kappa shape index (κ3) is 8.79. The van der Waals surface area contributed by atoms with Crippen molar-refractivity contribution in [3.05, 3.63) is 36.5 Å². The second kappa shape index (κ2) is 11.6. The Bertz CT molecular complexity index is 374. The van der Waals surface area contributed by atoms with Crippen molar-refractivity contribution in [1.29, 1.82) is 0 Å². The highest BCUT2D eigenvalue weighted by Gasteiger charge is 2.26. The number of ether oxygens (including phenoxy) is 1. The van der Waals surface area contributed by atoms with E-state index in [0.717, 1.165) is 26.1 Å². The zero-order valence-electron chi connectivity index (χ0n) is 12.7. The molecule has 1 rings (SSSR count). The van der Waals surface area contributed by atoms with Crippen molar-refractivity contribution in [1.82, 2.24) is 0 Å². The van der Waals surface area contributed by atoms with Crippen molar-refractivity contribution in [3.63, 3.8) is 0 Å². The topological polar surface area (TPSA) is 46.5 Å². The van der Waals surface area contributed by atoms with E-state index in [1.807, 2.05) is 17.8 Å². The summed E-state index contributed by atoms with van der Waals surface area (Å²) in [6.45, 7) is 3.69. The number of carbonyl (C=O) groups is 1. The molecule has 118 valence electrons. The number of carboxylic acids is 1. The molecule has 4 heteroatoms. The van der Waals surface area contributed by atoms with Crippen molar-refractivity contribution in [2.45, 2.75) is 26.2 Å². The summed E-state index contributed by atoms with van der Waals surface area (Å²) in [6.07, 6.45) is 14.1. The van der Waals surface area contributed by atoms with E-state index in [1.54, 1.807) is 6.08 Å². The van der Waals surface area contributed by atoms with Gasteiger partial charge in [0.15, 0.2) is 0 Å². The Hall–Kier alpha value is -1.00. The fourth-order valence-electron chi connectivity index (χ4n) is 2.22. The third-order valence-electron chi connectivity index (χ3n) is 3.42. The zero-order valence-corrected chi connectivity index (χ0v) is 13.6. The number of thioether (sulfide) groups is 1. The fraction of sp³-hybridized carbons (Fsp3) is 0.588. The molecule has 0 aromatic rings. The standard InChI is InChI=1S/C17H26O3S/c1-2-3-8-11-20-12-16-14-21-13-15(16)9-6-4-5-7-10-17(18)19/h3-4,6-8,10,15-16H,2,5,9,11-14H2,1H3,(H,18,19)/b6-4?,8-3?,10-7-/t15-,16+/m1/s1. The Morgan fingerprint density at radius 2 is 2.00 bits per heavy atom. The Labute approximate surface area is 132 Å². The van der Waals surface area contributed by atoms with Crippen molar-refractivity contribution in [3.8, 4) is 0 Å². The maximum absolute atomic E-state index is 10.3.